The van der Waals surface area contributed by atoms with Crippen molar-refractivity contribution in [3.8, 4) is 0 Å². The van der Waals surface area contributed by atoms with Crippen LogP contribution < -0.4 is 10.2 Å². The maximum atomic E-state index is 12.9. The lowest BCUT2D eigenvalue weighted by molar-refractivity contribution is -0.122. The standard InChI is InChI=1S/C23H26N2O4/c1-14(2)19-7-5-6-15(3)21(19)24-22(27)17-12-20(26)25(13-17)18-10-8-16(9-11-18)23(28)29-4/h5-11,14,17H,12-13H2,1-4H3,(H,24,27). The Bertz CT molecular complexity index is 934. The van der Waals surface area contributed by atoms with Gasteiger partial charge in [0.2, 0.25) is 11.8 Å². The van der Waals surface area contributed by atoms with E-state index in [1.807, 2.05) is 25.1 Å². The number of carbonyl (C=O) groups is 3. The Hall–Kier alpha value is -3.15. The second-order valence-electron chi connectivity index (χ2n) is 7.63. The molecule has 1 unspecified atom stereocenters. The summed E-state index contributed by atoms with van der Waals surface area (Å²) in [5.41, 5.74) is 4.00. The van der Waals surface area contributed by atoms with Crippen molar-refractivity contribution in [2.75, 3.05) is 23.9 Å². The summed E-state index contributed by atoms with van der Waals surface area (Å²) in [5, 5.41) is 3.05. The SMILES string of the molecule is COC(=O)c1ccc(N2CC(C(=O)Nc3c(C)cccc3C(C)C)CC2=O)cc1. The van der Waals surface area contributed by atoms with E-state index in [-0.39, 0.29) is 24.2 Å². The van der Waals surface area contributed by atoms with Gasteiger partial charge in [0.15, 0.2) is 0 Å². The van der Waals surface area contributed by atoms with Gasteiger partial charge in [-0.1, -0.05) is 32.0 Å². The molecule has 6 heteroatoms. The maximum absolute atomic E-state index is 12.9. The first-order valence-corrected chi connectivity index (χ1v) is 9.71. The zero-order valence-corrected chi connectivity index (χ0v) is 17.2. The summed E-state index contributed by atoms with van der Waals surface area (Å²) in [6, 6.07) is 12.6. The number of aryl methyl sites for hydroxylation is 1. The van der Waals surface area contributed by atoms with E-state index in [4.69, 9.17) is 4.74 Å². The number of nitrogens with zero attached hydrogens (tertiary/aromatic N) is 1. The molecule has 1 heterocycles. The van der Waals surface area contributed by atoms with Gasteiger partial charge >= 0.3 is 5.97 Å². The van der Waals surface area contributed by atoms with Crippen LogP contribution in [-0.4, -0.2) is 31.4 Å². The van der Waals surface area contributed by atoms with Gasteiger partial charge in [-0.25, -0.2) is 4.79 Å². The second-order valence-corrected chi connectivity index (χ2v) is 7.63. The monoisotopic (exact) mass is 394 g/mol. The third-order valence-electron chi connectivity index (χ3n) is 5.27. The summed E-state index contributed by atoms with van der Waals surface area (Å²) < 4.78 is 4.69. The number of rotatable bonds is 5. The summed E-state index contributed by atoms with van der Waals surface area (Å²) in [5.74, 6) is -0.837. The number of esters is 1. The van der Waals surface area contributed by atoms with Gasteiger partial charge in [0.05, 0.1) is 18.6 Å². The van der Waals surface area contributed by atoms with E-state index in [0.717, 1.165) is 16.8 Å². The molecule has 1 saturated heterocycles. The molecule has 0 aromatic heterocycles. The van der Waals surface area contributed by atoms with Crippen molar-refractivity contribution in [3.63, 3.8) is 0 Å². The van der Waals surface area contributed by atoms with Gasteiger partial charge in [0.1, 0.15) is 0 Å². The number of amides is 2. The Morgan fingerprint density at radius 2 is 1.83 bits per heavy atom. The molecular formula is C23H26N2O4. The number of carbonyl (C=O) groups excluding carboxylic acids is 3. The van der Waals surface area contributed by atoms with Crippen molar-refractivity contribution in [1.29, 1.82) is 0 Å². The average molecular weight is 394 g/mol. The first-order valence-electron chi connectivity index (χ1n) is 9.71. The first-order chi connectivity index (χ1) is 13.8. The first kappa shape index (κ1) is 20.6. The quantitative estimate of drug-likeness (QED) is 0.781. The maximum Gasteiger partial charge on any atom is 0.337 e. The number of anilines is 2. The number of para-hydroxylation sites is 1. The molecule has 2 amide bonds. The van der Waals surface area contributed by atoms with Crippen LogP contribution in [0.4, 0.5) is 11.4 Å². The van der Waals surface area contributed by atoms with Gasteiger partial charge in [-0.05, 0) is 48.2 Å². The lowest BCUT2D eigenvalue weighted by atomic mass is 9.97. The van der Waals surface area contributed by atoms with Crippen molar-refractivity contribution >= 4 is 29.2 Å². The molecular weight excluding hydrogens is 368 g/mol. The predicted octanol–water partition coefficient (Wildman–Crippen LogP) is 3.90. The molecule has 3 rings (SSSR count). The smallest absolute Gasteiger partial charge is 0.337 e. The Kier molecular flexibility index (Phi) is 6.01. The molecule has 29 heavy (non-hydrogen) atoms. The fourth-order valence-electron chi connectivity index (χ4n) is 3.60. The van der Waals surface area contributed by atoms with E-state index in [1.165, 1.54) is 7.11 Å². The molecule has 0 aliphatic carbocycles. The van der Waals surface area contributed by atoms with E-state index in [9.17, 15) is 14.4 Å². The van der Waals surface area contributed by atoms with E-state index >= 15 is 0 Å². The van der Waals surface area contributed by atoms with Crippen LogP contribution in [0.15, 0.2) is 42.5 Å². The fourth-order valence-corrected chi connectivity index (χ4v) is 3.60. The Morgan fingerprint density at radius 1 is 1.14 bits per heavy atom. The van der Waals surface area contributed by atoms with Crippen molar-refractivity contribution in [3.05, 3.63) is 59.2 Å². The zero-order valence-electron chi connectivity index (χ0n) is 17.2. The van der Waals surface area contributed by atoms with Crippen LogP contribution in [0.2, 0.25) is 0 Å². The van der Waals surface area contributed by atoms with E-state index in [1.54, 1.807) is 29.2 Å². The van der Waals surface area contributed by atoms with Gasteiger partial charge in [-0.15, -0.1) is 0 Å². The zero-order chi connectivity index (χ0) is 21.1. The van der Waals surface area contributed by atoms with Gasteiger partial charge in [-0.2, -0.15) is 0 Å². The highest BCUT2D eigenvalue weighted by Crippen LogP contribution is 2.30. The van der Waals surface area contributed by atoms with E-state index in [2.05, 4.69) is 19.2 Å². The Balaban J connectivity index is 1.74. The fraction of sp³-hybridized carbons (Fsp3) is 0.348. The number of hydrogen-bond donors (Lipinski definition) is 1. The molecule has 1 N–H and O–H groups in total. The number of hydrogen-bond acceptors (Lipinski definition) is 4. The second kappa shape index (κ2) is 8.47. The molecule has 6 nitrogen and oxygen atoms in total. The third-order valence-corrected chi connectivity index (χ3v) is 5.27. The molecule has 0 saturated carbocycles. The Morgan fingerprint density at radius 3 is 2.45 bits per heavy atom. The van der Waals surface area contributed by atoms with Crippen molar-refractivity contribution in [1.82, 2.24) is 0 Å². The van der Waals surface area contributed by atoms with Gasteiger partial charge < -0.3 is 15.0 Å². The van der Waals surface area contributed by atoms with Crippen molar-refractivity contribution < 1.29 is 19.1 Å². The minimum atomic E-state index is -0.430. The summed E-state index contributed by atoms with van der Waals surface area (Å²) in [4.78, 5) is 38.6. The average Bonchev–Trinajstić information content (AvgIpc) is 3.10. The van der Waals surface area contributed by atoms with Crippen LogP contribution in [0, 0.1) is 12.8 Å². The van der Waals surface area contributed by atoms with Crippen LogP contribution >= 0.6 is 0 Å². The van der Waals surface area contributed by atoms with Gasteiger partial charge in [-0.3, -0.25) is 9.59 Å². The third kappa shape index (κ3) is 4.31. The summed E-state index contributed by atoms with van der Waals surface area (Å²) in [7, 11) is 1.32. The molecule has 0 radical (unpaired) electrons. The lowest BCUT2D eigenvalue weighted by Crippen LogP contribution is -2.28. The Labute approximate surface area is 170 Å². The van der Waals surface area contributed by atoms with E-state index < -0.39 is 11.9 Å². The summed E-state index contributed by atoms with van der Waals surface area (Å²) in [6.07, 6.45) is 0.160. The molecule has 0 bridgehead atoms. The summed E-state index contributed by atoms with van der Waals surface area (Å²) >= 11 is 0. The van der Waals surface area contributed by atoms with Gasteiger partial charge in [0.25, 0.3) is 0 Å². The van der Waals surface area contributed by atoms with Gasteiger partial charge in [0, 0.05) is 24.3 Å². The van der Waals surface area contributed by atoms with Crippen LogP contribution in [0.25, 0.3) is 0 Å². The highest BCUT2D eigenvalue weighted by Gasteiger charge is 2.35. The number of methoxy groups -OCH3 is 1. The molecule has 1 atom stereocenters. The molecule has 0 spiro atoms. The van der Waals surface area contributed by atoms with Crippen LogP contribution in [0.3, 0.4) is 0 Å². The molecule has 2 aromatic rings. The van der Waals surface area contributed by atoms with Crippen molar-refractivity contribution in [2.24, 2.45) is 5.92 Å². The summed E-state index contributed by atoms with van der Waals surface area (Å²) in [6.45, 7) is 6.45. The molecule has 1 aliphatic heterocycles. The molecule has 1 aliphatic rings. The number of nitrogens with one attached hydrogen (secondary N) is 1. The largest absolute Gasteiger partial charge is 0.465 e. The molecule has 1 fully saturated rings. The van der Waals surface area contributed by atoms with Crippen LogP contribution in [-0.2, 0) is 14.3 Å². The minimum Gasteiger partial charge on any atom is -0.465 e. The minimum absolute atomic E-state index is 0.107. The highest BCUT2D eigenvalue weighted by molar-refractivity contribution is 6.04. The van der Waals surface area contributed by atoms with E-state index in [0.29, 0.717) is 17.8 Å². The lowest BCUT2D eigenvalue weighted by Gasteiger charge is -2.19. The van der Waals surface area contributed by atoms with Crippen molar-refractivity contribution in [2.45, 2.75) is 33.1 Å². The highest BCUT2D eigenvalue weighted by atomic mass is 16.5. The van der Waals surface area contributed by atoms with Crippen LogP contribution in [0.1, 0.15) is 47.7 Å². The van der Waals surface area contributed by atoms with Crippen LogP contribution in [0.5, 0.6) is 0 Å². The molecule has 152 valence electrons. The normalized spacial score (nSPS) is 16.2. The number of ether oxygens (including phenoxy) is 1. The number of benzene rings is 2. The molecule has 2 aromatic carbocycles. The predicted molar refractivity (Wildman–Crippen MR) is 112 cm³/mol. The topological polar surface area (TPSA) is 75.7 Å².